The van der Waals surface area contributed by atoms with E-state index in [1.807, 2.05) is 26.0 Å². The van der Waals surface area contributed by atoms with Crippen molar-refractivity contribution < 1.29 is 4.79 Å². The fourth-order valence-electron chi connectivity index (χ4n) is 1.19. The van der Waals surface area contributed by atoms with E-state index in [2.05, 4.69) is 5.32 Å². The molecule has 3 nitrogen and oxygen atoms in total. The van der Waals surface area contributed by atoms with Crippen molar-refractivity contribution in [2.45, 2.75) is 19.9 Å². The van der Waals surface area contributed by atoms with Gasteiger partial charge in [0.2, 0.25) is 5.91 Å². The number of carbonyl (C=O) groups is 1. The maximum Gasteiger partial charge on any atom is 0.241 e. The summed E-state index contributed by atoms with van der Waals surface area (Å²) in [5, 5.41) is 3.71. The van der Waals surface area contributed by atoms with Gasteiger partial charge in [-0.3, -0.25) is 4.79 Å². The second kappa shape index (κ2) is 5.75. The van der Waals surface area contributed by atoms with Crippen molar-refractivity contribution in [2.75, 3.05) is 18.9 Å². The zero-order chi connectivity index (χ0) is 12.1. The smallest absolute Gasteiger partial charge is 0.241 e. The van der Waals surface area contributed by atoms with Crippen LogP contribution in [0.1, 0.15) is 13.8 Å². The number of nitrogens with one attached hydrogen (secondary N) is 1. The molecule has 0 saturated carbocycles. The molecular weight excluding hydrogens is 224 g/mol. The zero-order valence-corrected chi connectivity index (χ0v) is 10.6. The highest BCUT2D eigenvalue weighted by Gasteiger charge is 2.10. The van der Waals surface area contributed by atoms with Gasteiger partial charge in [-0.25, -0.2) is 0 Å². The number of halogens is 1. The van der Waals surface area contributed by atoms with E-state index >= 15 is 0 Å². The van der Waals surface area contributed by atoms with E-state index in [9.17, 15) is 4.79 Å². The summed E-state index contributed by atoms with van der Waals surface area (Å²) in [5.74, 6) is 0.0648. The van der Waals surface area contributed by atoms with Gasteiger partial charge in [-0.15, -0.1) is 0 Å². The standard InChI is InChI=1S/C12H17ClN2O/c1-9(2)15(3)12(16)8-14-11-6-4-5-10(13)7-11/h4-7,9,14H,8H2,1-3H3. The Labute approximate surface area is 101 Å². The zero-order valence-electron chi connectivity index (χ0n) is 9.83. The van der Waals surface area contributed by atoms with Crippen molar-refractivity contribution in [2.24, 2.45) is 0 Å². The van der Waals surface area contributed by atoms with Crippen molar-refractivity contribution in [3.63, 3.8) is 0 Å². The van der Waals surface area contributed by atoms with Gasteiger partial charge in [0.1, 0.15) is 0 Å². The van der Waals surface area contributed by atoms with Gasteiger partial charge in [-0.1, -0.05) is 17.7 Å². The monoisotopic (exact) mass is 240 g/mol. The molecule has 16 heavy (non-hydrogen) atoms. The number of rotatable bonds is 4. The first-order valence-electron chi connectivity index (χ1n) is 5.26. The molecule has 0 saturated heterocycles. The van der Waals surface area contributed by atoms with Crippen molar-refractivity contribution in [3.05, 3.63) is 29.3 Å². The Morgan fingerprint density at radius 3 is 2.75 bits per heavy atom. The summed E-state index contributed by atoms with van der Waals surface area (Å²) < 4.78 is 0. The lowest BCUT2D eigenvalue weighted by molar-refractivity contribution is -0.129. The van der Waals surface area contributed by atoms with Gasteiger partial charge in [0.25, 0.3) is 0 Å². The lowest BCUT2D eigenvalue weighted by atomic mass is 10.3. The Kier molecular flexibility index (Phi) is 4.62. The highest BCUT2D eigenvalue weighted by Crippen LogP contribution is 2.14. The average molecular weight is 241 g/mol. The third-order valence-corrected chi connectivity index (χ3v) is 2.67. The molecule has 0 heterocycles. The van der Waals surface area contributed by atoms with Gasteiger partial charge in [0, 0.05) is 23.8 Å². The lowest BCUT2D eigenvalue weighted by Gasteiger charge is -2.21. The molecule has 1 N–H and O–H groups in total. The lowest BCUT2D eigenvalue weighted by Crippen LogP contribution is -2.37. The normalized spacial score (nSPS) is 10.3. The minimum absolute atomic E-state index is 0.0648. The summed E-state index contributed by atoms with van der Waals surface area (Å²) >= 11 is 5.84. The number of hydrogen-bond donors (Lipinski definition) is 1. The first-order chi connectivity index (χ1) is 7.50. The fraction of sp³-hybridized carbons (Fsp3) is 0.417. The summed E-state index contributed by atoms with van der Waals surface area (Å²) in [6, 6.07) is 7.54. The summed E-state index contributed by atoms with van der Waals surface area (Å²) in [6.07, 6.45) is 0. The number of carbonyl (C=O) groups excluding carboxylic acids is 1. The molecule has 0 unspecified atom stereocenters. The summed E-state index contributed by atoms with van der Waals surface area (Å²) in [7, 11) is 1.80. The first-order valence-corrected chi connectivity index (χ1v) is 5.63. The molecule has 0 aliphatic rings. The molecule has 1 aromatic carbocycles. The topological polar surface area (TPSA) is 32.3 Å². The van der Waals surface area contributed by atoms with Crippen LogP contribution in [0.5, 0.6) is 0 Å². The number of benzene rings is 1. The Morgan fingerprint density at radius 1 is 1.50 bits per heavy atom. The highest BCUT2D eigenvalue weighted by atomic mass is 35.5. The van der Waals surface area contributed by atoms with Crippen LogP contribution in [0.25, 0.3) is 0 Å². The molecule has 0 bridgehead atoms. The number of amides is 1. The van der Waals surface area contributed by atoms with Gasteiger partial charge in [-0.05, 0) is 32.0 Å². The van der Waals surface area contributed by atoms with Crippen LogP contribution in [0.2, 0.25) is 5.02 Å². The van der Waals surface area contributed by atoms with Crippen LogP contribution < -0.4 is 5.32 Å². The third-order valence-electron chi connectivity index (χ3n) is 2.44. The van der Waals surface area contributed by atoms with Gasteiger partial charge in [0.15, 0.2) is 0 Å². The molecular formula is C12H17ClN2O. The van der Waals surface area contributed by atoms with Crippen LogP contribution in [-0.2, 0) is 4.79 Å². The van der Waals surface area contributed by atoms with E-state index in [4.69, 9.17) is 11.6 Å². The molecule has 0 aliphatic carbocycles. The molecule has 1 amide bonds. The predicted molar refractivity (Wildman–Crippen MR) is 67.8 cm³/mol. The van der Waals surface area contributed by atoms with Crippen molar-refractivity contribution in [3.8, 4) is 0 Å². The Hall–Kier alpha value is -1.22. The Balaban J connectivity index is 2.49. The number of nitrogens with zero attached hydrogens (tertiary/aromatic N) is 1. The Morgan fingerprint density at radius 2 is 2.19 bits per heavy atom. The van der Waals surface area contributed by atoms with Gasteiger partial charge in [-0.2, -0.15) is 0 Å². The van der Waals surface area contributed by atoms with Gasteiger partial charge >= 0.3 is 0 Å². The van der Waals surface area contributed by atoms with E-state index in [0.717, 1.165) is 5.69 Å². The first kappa shape index (κ1) is 12.8. The van der Waals surface area contributed by atoms with Crippen LogP contribution in [0.15, 0.2) is 24.3 Å². The SMILES string of the molecule is CC(C)N(C)C(=O)CNc1cccc(Cl)c1. The van der Waals surface area contributed by atoms with Gasteiger partial charge < -0.3 is 10.2 Å². The fourth-order valence-corrected chi connectivity index (χ4v) is 1.38. The minimum Gasteiger partial charge on any atom is -0.376 e. The van der Waals surface area contributed by atoms with E-state index in [1.165, 1.54) is 0 Å². The molecule has 1 aromatic rings. The van der Waals surface area contributed by atoms with Crippen LogP contribution >= 0.6 is 11.6 Å². The molecule has 0 atom stereocenters. The summed E-state index contributed by atoms with van der Waals surface area (Å²) in [5.41, 5.74) is 0.859. The quantitative estimate of drug-likeness (QED) is 0.878. The maximum atomic E-state index is 11.7. The second-order valence-corrected chi connectivity index (χ2v) is 4.40. The van der Waals surface area contributed by atoms with E-state index < -0.39 is 0 Å². The molecule has 0 fully saturated rings. The predicted octanol–water partition coefficient (Wildman–Crippen LogP) is 2.62. The maximum absolute atomic E-state index is 11.7. The van der Waals surface area contributed by atoms with Crippen molar-refractivity contribution in [1.29, 1.82) is 0 Å². The minimum atomic E-state index is 0.0648. The number of anilines is 1. The molecule has 1 rings (SSSR count). The Bertz CT molecular complexity index is 366. The molecule has 4 heteroatoms. The van der Waals surface area contributed by atoms with Crippen molar-refractivity contribution >= 4 is 23.2 Å². The molecule has 88 valence electrons. The van der Waals surface area contributed by atoms with Crippen LogP contribution in [0, 0.1) is 0 Å². The van der Waals surface area contributed by atoms with E-state index in [0.29, 0.717) is 5.02 Å². The second-order valence-electron chi connectivity index (χ2n) is 3.96. The third kappa shape index (κ3) is 3.74. The molecule has 0 radical (unpaired) electrons. The van der Waals surface area contributed by atoms with Crippen LogP contribution in [0.3, 0.4) is 0 Å². The number of likely N-dealkylation sites (N-methyl/N-ethyl adjacent to an activating group) is 1. The van der Waals surface area contributed by atoms with E-state index in [-0.39, 0.29) is 18.5 Å². The molecule has 0 aromatic heterocycles. The van der Waals surface area contributed by atoms with Crippen LogP contribution in [0.4, 0.5) is 5.69 Å². The highest BCUT2D eigenvalue weighted by molar-refractivity contribution is 6.30. The van der Waals surface area contributed by atoms with Crippen molar-refractivity contribution in [1.82, 2.24) is 4.90 Å². The largest absolute Gasteiger partial charge is 0.376 e. The number of hydrogen-bond acceptors (Lipinski definition) is 2. The molecule has 0 spiro atoms. The average Bonchev–Trinajstić information content (AvgIpc) is 2.24. The molecule has 0 aliphatic heterocycles. The summed E-state index contributed by atoms with van der Waals surface area (Å²) in [4.78, 5) is 13.4. The van der Waals surface area contributed by atoms with Crippen LogP contribution in [-0.4, -0.2) is 30.4 Å². The van der Waals surface area contributed by atoms with Gasteiger partial charge in [0.05, 0.1) is 6.54 Å². The van der Waals surface area contributed by atoms with E-state index in [1.54, 1.807) is 24.1 Å². The summed E-state index contributed by atoms with van der Waals surface area (Å²) in [6.45, 7) is 4.25.